The second-order valence-corrected chi connectivity index (χ2v) is 14.2. The number of ether oxygens (including phenoxy) is 1. The number of rotatable bonds is 7. The molecule has 0 radical (unpaired) electrons. The number of carbonyl (C=O) groups is 1. The number of carbonyl (C=O) groups excluding carboxylic acids is 1. The van der Waals surface area contributed by atoms with E-state index in [9.17, 15) is 4.79 Å². The van der Waals surface area contributed by atoms with Crippen LogP contribution in [0.25, 0.3) is 38.5 Å². The molecule has 0 aliphatic rings. The first-order valence-corrected chi connectivity index (χ1v) is 17.9. The molecule has 0 fully saturated rings. The van der Waals surface area contributed by atoms with Gasteiger partial charge in [0, 0.05) is 45.3 Å². The van der Waals surface area contributed by atoms with Gasteiger partial charge in [-0.2, -0.15) is 20.3 Å². The average Bonchev–Trinajstić information content (AvgIpc) is 3.97. The van der Waals surface area contributed by atoms with Gasteiger partial charge in [0.2, 0.25) is 11.8 Å². The number of nitrogens with zero attached hydrogens (tertiary/aromatic N) is 8. The van der Waals surface area contributed by atoms with E-state index in [0.29, 0.717) is 46.1 Å². The number of amides is 2. The number of nitrogen functional groups attached to an aromatic ring is 1. The molecular weight excluding hydrogens is 756 g/mol. The van der Waals surface area contributed by atoms with Crippen LogP contribution in [-0.4, -0.2) is 56.1 Å². The number of nitrogens with two attached hydrogens (primary N) is 1. The maximum absolute atomic E-state index is 13.4. The highest BCUT2D eigenvalue weighted by molar-refractivity contribution is 6.07. The summed E-state index contributed by atoms with van der Waals surface area (Å²) in [6.07, 6.45) is 8.28. The third kappa shape index (κ3) is 8.61. The van der Waals surface area contributed by atoms with Crippen molar-refractivity contribution >= 4 is 80.1 Å². The van der Waals surface area contributed by atoms with Gasteiger partial charge in [0.15, 0.2) is 11.3 Å². The molecule has 9 rings (SSSR count). The summed E-state index contributed by atoms with van der Waals surface area (Å²) in [6.45, 7) is 8.30. The summed E-state index contributed by atoms with van der Waals surface area (Å²) in [7, 11) is 0. The standard InChI is InChI=1S/C35H32N10O2.C6H6N4.ClH/c1-21-9-11-24(12-10-21)45-30(18-29(44-45)35(2,3)4)41-34(46)40-27-13-14-28(26-8-6-5-7-25(26)27)47-31-15-16-36-33(42-31)39-23-17-22-19-38-43-32(22)37-20-23;7-5-1-4-2-9-10-6(4)8-3-5;/h5-20H,1-4H3,(H,36,39,42)(H,37,38,43)(H2,40,41,46);1-3H,7H2,(H,8,9,10);1H. The summed E-state index contributed by atoms with van der Waals surface area (Å²) >= 11 is 0. The third-order valence-electron chi connectivity index (χ3n) is 8.83. The maximum atomic E-state index is 13.4. The van der Waals surface area contributed by atoms with E-state index in [1.807, 2.05) is 73.7 Å². The first-order valence-electron chi connectivity index (χ1n) is 17.9. The van der Waals surface area contributed by atoms with Crippen molar-refractivity contribution in [2.75, 3.05) is 21.7 Å². The maximum Gasteiger partial charge on any atom is 0.324 e. The van der Waals surface area contributed by atoms with E-state index < -0.39 is 6.03 Å². The number of urea groups is 1. The first-order chi connectivity index (χ1) is 27.6. The second kappa shape index (κ2) is 16.3. The number of aromatic amines is 2. The van der Waals surface area contributed by atoms with E-state index in [2.05, 4.69) is 77.1 Å². The molecule has 0 spiro atoms. The SMILES string of the molecule is Cc1ccc(-n2nc(C(C)(C)C)cc2NC(=O)Nc2ccc(Oc3ccnc(Nc4cnc5[nH]ncc5c4)n3)c3ccccc23)cc1.Cl.Nc1cnc2[nH]ncc2c1. The topological polar surface area (TPSA) is 215 Å². The molecule has 58 heavy (non-hydrogen) atoms. The van der Waals surface area contributed by atoms with Crippen molar-refractivity contribution in [2.45, 2.75) is 33.1 Å². The molecule has 6 heterocycles. The lowest BCUT2D eigenvalue weighted by molar-refractivity contribution is 0.262. The largest absolute Gasteiger partial charge is 0.438 e. The van der Waals surface area contributed by atoms with Gasteiger partial charge in [-0.1, -0.05) is 62.7 Å². The minimum atomic E-state index is -0.396. The zero-order valence-corrected chi connectivity index (χ0v) is 32.7. The average molecular weight is 795 g/mol. The Labute approximate surface area is 338 Å². The number of hydrogen-bond donors (Lipinski definition) is 6. The molecule has 16 nitrogen and oxygen atoms in total. The van der Waals surface area contributed by atoms with Gasteiger partial charge in [-0.05, 0) is 43.3 Å². The van der Waals surface area contributed by atoms with Crippen LogP contribution in [0.2, 0.25) is 0 Å². The van der Waals surface area contributed by atoms with Gasteiger partial charge in [-0.25, -0.2) is 24.4 Å². The predicted molar refractivity (Wildman–Crippen MR) is 228 cm³/mol. The Morgan fingerprint density at radius 3 is 2.24 bits per heavy atom. The number of aryl methyl sites for hydroxylation is 1. The summed E-state index contributed by atoms with van der Waals surface area (Å²) in [6, 6.07) is 26.2. The van der Waals surface area contributed by atoms with Crippen LogP contribution in [0.1, 0.15) is 32.0 Å². The van der Waals surface area contributed by atoms with Crippen molar-refractivity contribution in [1.82, 2.24) is 50.1 Å². The Morgan fingerprint density at radius 2 is 1.50 bits per heavy atom. The van der Waals surface area contributed by atoms with E-state index >= 15 is 0 Å². The summed E-state index contributed by atoms with van der Waals surface area (Å²) in [5.41, 5.74) is 11.6. The molecule has 9 aromatic rings. The molecule has 3 aromatic carbocycles. The Bertz CT molecular complexity index is 2860. The van der Waals surface area contributed by atoms with Crippen LogP contribution in [0.15, 0.2) is 116 Å². The van der Waals surface area contributed by atoms with Gasteiger partial charge in [0.05, 0.1) is 53.2 Å². The Morgan fingerprint density at radius 1 is 0.793 bits per heavy atom. The van der Waals surface area contributed by atoms with E-state index in [4.69, 9.17) is 15.6 Å². The van der Waals surface area contributed by atoms with Gasteiger partial charge in [-0.3, -0.25) is 15.5 Å². The number of fused-ring (bicyclic) bond motifs is 3. The lowest BCUT2D eigenvalue weighted by atomic mass is 9.92. The molecule has 6 aromatic heterocycles. The van der Waals surface area contributed by atoms with Crippen LogP contribution in [0.3, 0.4) is 0 Å². The second-order valence-electron chi connectivity index (χ2n) is 14.2. The van der Waals surface area contributed by atoms with E-state index in [-0.39, 0.29) is 17.8 Å². The normalized spacial score (nSPS) is 11.1. The number of hydrogen-bond acceptors (Lipinski definition) is 11. The summed E-state index contributed by atoms with van der Waals surface area (Å²) in [5.74, 6) is 1.84. The predicted octanol–water partition coefficient (Wildman–Crippen LogP) is 8.83. The summed E-state index contributed by atoms with van der Waals surface area (Å²) < 4.78 is 7.99. The number of halogens is 1. The van der Waals surface area contributed by atoms with Crippen molar-refractivity contribution in [2.24, 2.45) is 0 Å². The molecule has 0 aliphatic heterocycles. The van der Waals surface area contributed by atoms with E-state index in [1.165, 1.54) is 0 Å². The fraction of sp³-hybridized carbons (Fsp3) is 0.122. The molecule has 0 saturated carbocycles. The van der Waals surface area contributed by atoms with Gasteiger partial charge in [0.1, 0.15) is 11.6 Å². The Kier molecular flexibility index (Phi) is 10.8. The number of H-pyrrole nitrogens is 2. The van der Waals surface area contributed by atoms with Crippen LogP contribution >= 0.6 is 12.4 Å². The Hall–Kier alpha value is -7.59. The molecule has 17 heteroatoms. The molecule has 0 aliphatic carbocycles. The monoisotopic (exact) mass is 794 g/mol. The van der Waals surface area contributed by atoms with Crippen molar-refractivity contribution in [3.63, 3.8) is 0 Å². The van der Waals surface area contributed by atoms with Gasteiger partial charge in [-0.15, -0.1) is 12.4 Å². The van der Waals surface area contributed by atoms with E-state index in [1.54, 1.807) is 53.9 Å². The third-order valence-corrected chi connectivity index (χ3v) is 8.83. The lowest BCUT2D eigenvalue weighted by Gasteiger charge is -2.14. The Balaban J connectivity index is 0.000000404. The highest BCUT2D eigenvalue weighted by Gasteiger charge is 2.22. The summed E-state index contributed by atoms with van der Waals surface area (Å²) in [5, 5.41) is 30.8. The number of benzene rings is 3. The number of aromatic nitrogens is 10. The smallest absolute Gasteiger partial charge is 0.324 e. The molecule has 292 valence electrons. The van der Waals surface area contributed by atoms with Crippen molar-refractivity contribution < 1.29 is 9.53 Å². The molecular formula is C41H39ClN14O2. The highest BCUT2D eigenvalue weighted by Crippen LogP contribution is 2.35. The fourth-order valence-corrected chi connectivity index (χ4v) is 5.92. The van der Waals surface area contributed by atoms with Crippen LogP contribution in [0, 0.1) is 6.92 Å². The molecule has 2 amide bonds. The molecule has 0 bridgehead atoms. The molecule has 0 unspecified atom stereocenters. The van der Waals surface area contributed by atoms with Crippen LogP contribution in [0.4, 0.5) is 33.6 Å². The minimum Gasteiger partial charge on any atom is -0.438 e. The van der Waals surface area contributed by atoms with Crippen LogP contribution in [0.5, 0.6) is 11.6 Å². The number of pyridine rings is 2. The number of nitrogens with one attached hydrogen (secondary N) is 5. The van der Waals surface area contributed by atoms with Crippen molar-refractivity contribution in [1.29, 1.82) is 0 Å². The number of anilines is 5. The molecule has 0 atom stereocenters. The van der Waals surface area contributed by atoms with Crippen molar-refractivity contribution in [3.05, 3.63) is 127 Å². The highest BCUT2D eigenvalue weighted by atomic mass is 35.5. The zero-order valence-electron chi connectivity index (χ0n) is 31.8. The fourth-order valence-electron chi connectivity index (χ4n) is 5.92. The summed E-state index contributed by atoms with van der Waals surface area (Å²) in [4.78, 5) is 30.6. The lowest BCUT2D eigenvalue weighted by Crippen LogP contribution is -2.21. The molecule has 7 N–H and O–H groups in total. The zero-order chi connectivity index (χ0) is 39.5. The first kappa shape index (κ1) is 38.7. The van der Waals surface area contributed by atoms with Gasteiger partial charge in [0.25, 0.3) is 0 Å². The van der Waals surface area contributed by atoms with Crippen LogP contribution < -0.4 is 26.4 Å². The van der Waals surface area contributed by atoms with Gasteiger partial charge < -0.3 is 21.1 Å². The minimum absolute atomic E-state index is 0. The molecule has 0 saturated heterocycles. The van der Waals surface area contributed by atoms with E-state index in [0.717, 1.165) is 44.1 Å². The van der Waals surface area contributed by atoms with Crippen molar-refractivity contribution in [3.8, 4) is 17.3 Å². The van der Waals surface area contributed by atoms with Gasteiger partial charge >= 0.3 is 6.03 Å². The van der Waals surface area contributed by atoms with Crippen LogP contribution in [-0.2, 0) is 5.41 Å². The quantitative estimate of drug-likeness (QED) is 0.0896.